The SMILES string of the molecule is O=C(Nc1ccc(C(=O)O)c(Cl)c1)c1ccc(F)cn1. The monoisotopic (exact) mass is 294 g/mol. The van der Waals surface area contributed by atoms with E-state index in [2.05, 4.69) is 10.3 Å². The van der Waals surface area contributed by atoms with Gasteiger partial charge in [-0.3, -0.25) is 4.79 Å². The Bertz CT molecular complexity index is 674. The van der Waals surface area contributed by atoms with Gasteiger partial charge < -0.3 is 10.4 Å². The summed E-state index contributed by atoms with van der Waals surface area (Å²) in [6.07, 6.45) is 0.926. The number of amides is 1. The first-order chi connectivity index (χ1) is 9.47. The number of carbonyl (C=O) groups excluding carboxylic acids is 1. The maximum absolute atomic E-state index is 12.7. The largest absolute Gasteiger partial charge is 0.478 e. The van der Waals surface area contributed by atoms with E-state index in [4.69, 9.17) is 16.7 Å². The lowest BCUT2D eigenvalue weighted by atomic mass is 10.2. The number of carboxylic acids is 1. The fraction of sp³-hybridized carbons (Fsp3) is 0. The van der Waals surface area contributed by atoms with E-state index in [9.17, 15) is 14.0 Å². The van der Waals surface area contributed by atoms with Crippen LogP contribution >= 0.6 is 11.6 Å². The van der Waals surface area contributed by atoms with Crippen LogP contribution in [0.4, 0.5) is 10.1 Å². The van der Waals surface area contributed by atoms with Gasteiger partial charge in [-0.25, -0.2) is 14.2 Å². The van der Waals surface area contributed by atoms with Gasteiger partial charge in [0.25, 0.3) is 5.91 Å². The van der Waals surface area contributed by atoms with E-state index >= 15 is 0 Å². The van der Waals surface area contributed by atoms with Crippen molar-refractivity contribution in [1.82, 2.24) is 4.98 Å². The van der Waals surface area contributed by atoms with E-state index < -0.39 is 17.7 Å². The molecule has 1 amide bonds. The van der Waals surface area contributed by atoms with Gasteiger partial charge in [0, 0.05) is 5.69 Å². The highest BCUT2D eigenvalue weighted by Crippen LogP contribution is 2.21. The molecular weight excluding hydrogens is 287 g/mol. The Hall–Kier alpha value is -2.47. The molecule has 0 unspecified atom stereocenters. The smallest absolute Gasteiger partial charge is 0.337 e. The van der Waals surface area contributed by atoms with Crippen LogP contribution in [0.1, 0.15) is 20.8 Å². The van der Waals surface area contributed by atoms with Crippen molar-refractivity contribution in [2.45, 2.75) is 0 Å². The van der Waals surface area contributed by atoms with Crippen molar-refractivity contribution in [2.24, 2.45) is 0 Å². The Morgan fingerprint density at radius 3 is 2.55 bits per heavy atom. The van der Waals surface area contributed by atoms with Crippen molar-refractivity contribution < 1.29 is 19.1 Å². The van der Waals surface area contributed by atoms with Gasteiger partial charge in [0.05, 0.1) is 16.8 Å². The molecule has 0 radical (unpaired) electrons. The predicted molar refractivity (Wildman–Crippen MR) is 70.6 cm³/mol. The lowest BCUT2D eigenvalue weighted by molar-refractivity contribution is 0.0697. The van der Waals surface area contributed by atoms with Gasteiger partial charge in [0.1, 0.15) is 11.5 Å². The summed E-state index contributed by atoms with van der Waals surface area (Å²) in [4.78, 5) is 26.2. The van der Waals surface area contributed by atoms with Crippen LogP contribution in [0.15, 0.2) is 36.5 Å². The highest BCUT2D eigenvalue weighted by molar-refractivity contribution is 6.33. The standard InChI is InChI=1S/C13H8ClFN2O3/c14-10-5-8(2-3-9(10)13(19)20)17-12(18)11-4-1-7(15)6-16-11/h1-6H,(H,17,18)(H,19,20). The van der Waals surface area contributed by atoms with E-state index in [1.54, 1.807) is 0 Å². The zero-order chi connectivity index (χ0) is 14.7. The summed E-state index contributed by atoms with van der Waals surface area (Å²) in [6.45, 7) is 0. The second-order valence-corrected chi connectivity index (χ2v) is 4.22. The Morgan fingerprint density at radius 1 is 1.25 bits per heavy atom. The quantitative estimate of drug-likeness (QED) is 0.912. The minimum atomic E-state index is -1.16. The molecule has 2 rings (SSSR count). The fourth-order valence-corrected chi connectivity index (χ4v) is 1.73. The number of anilines is 1. The summed E-state index contributed by atoms with van der Waals surface area (Å²) in [5.41, 5.74) is 0.283. The lowest BCUT2D eigenvalue weighted by Gasteiger charge is -2.06. The van der Waals surface area contributed by atoms with Crippen molar-refractivity contribution >= 4 is 29.2 Å². The van der Waals surface area contributed by atoms with Crippen LogP contribution in [0, 0.1) is 5.82 Å². The highest BCUT2D eigenvalue weighted by Gasteiger charge is 2.12. The molecule has 20 heavy (non-hydrogen) atoms. The molecule has 0 aliphatic carbocycles. The first-order valence-electron chi connectivity index (χ1n) is 5.43. The minimum Gasteiger partial charge on any atom is -0.478 e. The molecule has 2 aromatic rings. The molecule has 0 saturated heterocycles. The molecule has 1 heterocycles. The maximum Gasteiger partial charge on any atom is 0.337 e. The van der Waals surface area contributed by atoms with Crippen LogP contribution in [0.25, 0.3) is 0 Å². The van der Waals surface area contributed by atoms with E-state index in [1.165, 1.54) is 24.3 Å². The number of hydrogen-bond donors (Lipinski definition) is 2. The number of carboxylic acid groups (broad SMARTS) is 1. The number of aromatic carboxylic acids is 1. The van der Waals surface area contributed by atoms with Crippen LogP contribution in [-0.4, -0.2) is 22.0 Å². The topological polar surface area (TPSA) is 79.3 Å². The van der Waals surface area contributed by atoms with Crippen LogP contribution in [0.5, 0.6) is 0 Å². The molecule has 7 heteroatoms. The molecule has 0 bridgehead atoms. The molecule has 0 spiro atoms. The fourth-order valence-electron chi connectivity index (χ4n) is 1.47. The third kappa shape index (κ3) is 3.10. The Labute approximate surface area is 118 Å². The van der Waals surface area contributed by atoms with Crippen LogP contribution < -0.4 is 5.32 Å². The summed E-state index contributed by atoms with van der Waals surface area (Å²) >= 11 is 5.78. The number of hydrogen-bond acceptors (Lipinski definition) is 3. The first kappa shape index (κ1) is 14.0. The minimum absolute atomic E-state index is 0.00219. The van der Waals surface area contributed by atoms with Crippen molar-refractivity contribution in [1.29, 1.82) is 0 Å². The first-order valence-corrected chi connectivity index (χ1v) is 5.81. The number of rotatable bonds is 3. The van der Waals surface area contributed by atoms with Gasteiger partial charge in [-0.15, -0.1) is 0 Å². The summed E-state index contributed by atoms with van der Waals surface area (Å²) in [5.74, 6) is -2.26. The summed E-state index contributed by atoms with van der Waals surface area (Å²) in [7, 11) is 0. The van der Waals surface area contributed by atoms with Gasteiger partial charge in [0.15, 0.2) is 0 Å². The summed E-state index contributed by atoms with van der Waals surface area (Å²) in [6, 6.07) is 6.34. The van der Waals surface area contributed by atoms with E-state index in [1.807, 2.05) is 0 Å². The van der Waals surface area contributed by atoms with Crippen LogP contribution in [0.3, 0.4) is 0 Å². The van der Waals surface area contributed by atoms with Crippen molar-refractivity contribution in [3.8, 4) is 0 Å². The molecule has 5 nitrogen and oxygen atoms in total. The average molecular weight is 295 g/mol. The van der Waals surface area contributed by atoms with Gasteiger partial charge >= 0.3 is 5.97 Å². The molecule has 2 N–H and O–H groups in total. The molecule has 0 aliphatic heterocycles. The third-order valence-corrected chi connectivity index (χ3v) is 2.73. The van der Waals surface area contributed by atoms with Gasteiger partial charge in [-0.2, -0.15) is 0 Å². The molecule has 102 valence electrons. The Balaban J connectivity index is 2.18. The van der Waals surface area contributed by atoms with Crippen molar-refractivity contribution in [3.63, 3.8) is 0 Å². The zero-order valence-electron chi connectivity index (χ0n) is 9.93. The van der Waals surface area contributed by atoms with Crippen LogP contribution in [0.2, 0.25) is 5.02 Å². The molecule has 1 aromatic carbocycles. The Morgan fingerprint density at radius 2 is 2.00 bits per heavy atom. The molecule has 0 atom stereocenters. The molecule has 0 fully saturated rings. The molecular formula is C13H8ClFN2O3. The summed E-state index contributed by atoms with van der Waals surface area (Å²) < 4.78 is 12.7. The normalized spacial score (nSPS) is 10.1. The molecule has 1 aromatic heterocycles. The zero-order valence-corrected chi connectivity index (χ0v) is 10.7. The third-order valence-electron chi connectivity index (χ3n) is 2.42. The second kappa shape index (κ2) is 5.66. The van der Waals surface area contributed by atoms with Crippen molar-refractivity contribution in [3.05, 3.63) is 58.6 Å². The second-order valence-electron chi connectivity index (χ2n) is 3.82. The number of aromatic nitrogens is 1. The number of halogens is 2. The highest BCUT2D eigenvalue weighted by atomic mass is 35.5. The van der Waals surface area contributed by atoms with E-state index in [-0.39, 0.29) is 16.3 Å². The van der Waals surface area contributed by atoms with Crippen molar-refractivity contribution in [2.75, 3.05) is 5.32 Å². The maximum atomic E-state index is 12.7. The van der Waals surface area contributed by atoms with Gasteiger partial charge in [-0.1, -0.05) is 11.6 Å². The lowest BCUT2D eigenvalue weighted by Crippen LogP contribution is -2.13. The Kier molecular flexibility index (Phi) is 3.95. The molecule has 0 aliphatic rings. The average Bonchev–Trinajstić information content (AvgIpc) is 2.39. The number of nitrogens with one attached hydrogen (secondary N) is 1. The number of carbonyl (C=O) groups is 2. The number of benzene rings is 1. The van der Waals surface area contributed by atoms with Gasteiger partial charge in [-0.05, 0) is 30.3 Å². The number of pyridine rings is 1. The summed E-state index contributed by atoms with van der Waals surface area (Å²) in [5, 5.41) is 11.3. The number of nitrogens with zero attached hydrogens (tertiary/aromatic N) is 1. The van der Waals surface area contributed by atoms with Gasteiger partial charge in [0.2, 0.25) is 0 Å². The van der Waals surface area contributed by atoms with E-state index in [0.29, 0.717) is 5.69 Å². The predicted octanol–water partition coefficient (Wildman–Crippen LogP) is 2.82. The molecule has 0 saturated carbocycles. The van der Waals surface area contributed by atoms with E-state index in [0.717, 1.165) is 12.3 Å². The van der Waals surface area contributed by atoms with Crippen LogP contribution in [-0.2, 0) is 0 Å².